The van der Waals surface area contributed by atoms with Gasteiger partial charge in [-0.2, -0.15) is 0 Å². The Labute approximate surface area is 122 Å². The molecule has 0 radical (unpaired) electrons. The predicted octanol–water partition coefficient (Wildman–Crippen LogP) is 2.56. The lowest BCUT2D eigenvalue weighted by Crippen LogP contribution is -2.07. The summed E-state index contributed by atoms with van der Waals surface area (Å²) >= 11 is 5.81. The second-order valence-electron chi connectivity index (χ2n) is 4.47. The van der Waals surface area contributed by atoms with Crippen molar-refractivity contribution in [1.29, 1.82) is 0 Å². The Morgan fingerprint density at radius 2 is 2.00 bits per heavy atom. The second-order valence-corrected chi connectivity index (χ2v) is 4.86. The van der Waals surface area contributed by atoms with Gasteiger partial charge in [-0.15, -0.1) is 0 Å². The average molecular weight is 294 g/mol. The maximum atomic E-state index is 10.1. The third-order valence-corrected chi connectivity index (χ3v) is 3.32. The Kier molecular flexibility index (Phi) is 4.42. The van der Waals surface area contributed by atoms with Gasteiger partial charge in [-0.1, -0.05) is 11.6 Å². The van der Waals surface area contributed by atoms with Gasteiger partial charge in [0.2, 0.25) is 0 Å². The minimum Gasteiger partial charge on any atom is -0.506 e. The molecule has 3 N–H and O–H groups in total. The van der Waals surface area contributed by atoms with E-state index in [9.17, 15) is 10.2 Å². The van der Waals surface area contributed by atoms with Crippen LogP contribution >= 0.6 is 11.6 Å². The Morgan fingerprint density at radius 1 is 1.25 bits per heavy atom. The van der Waals surface area contributed by atoms with Gasteiger partial charge in [0, 0.05) is 23.9 Å². The molecule has 0 spiro atoms. The van der Waals surface area contributed by atoms with Crippen molar-refractivity contribution < 1.29 is 10.2 Å². The highest BCUT2D eigenvalue weighted by Gasteiger charge is 2.11. The van der Waals surface area contributed by atoms with Crippen LogP contribution in [0.1, 0.15) is 22.5 Å². The maximum Gasteiger partial charge on any atom is 0.142 e. The molecule has 0 aliphatic rings. The van der Waals surface area contributed by atoms with E-state index in [1.54, 1.807) is 19.2 Å². The van der Waals surface area contributed by atoms with Gasteiger partial charge in [0.1, 0.15) is 10.9 Å². The van der Waals surface area contributed by atoms with Crippen LogP contribution in [-0.2, 0) is 13.2 Å². The third-order valence-electron chi connectivity index (χ3n) is 3.11. The standard InChI is InChI=1S/C14H16ClN3O2/c1-8-12(3-4-13(15)18-8)17-6-11-10(7-19)5-16-9(2)14(11)20/h3-5,17,19-20H,6-7H2,1-2H3. The SMILES string of the molecule is Cc1nc(Cl)ccc1NCc1c(CO)cnc(C)c1O. The third kappa shape index (κ3) is 3.00. The number of aliphatic hydroxyl groups is 1. The molecule has 0 aliphatic carbocycles. The highest BCUT2D eigenvalue weighted by Crippen LogP contribution is 2.25. The van der Waals surface area contributed by atoms with Crippen molar-refractivity contribution in [2.75, 3.05) is 5.32 Å². The topological polar surface area (TPSA) is 78.3 Å². The smallest absolute Gasteiger partial charge is 0.142 e. The van der Waals surface area contributed by atoms with Gasteiger partial charge in [0.25, 0.3) is 0 Å². The number of aryl methyl sites for hydroxylation is 2. The molecule has 0 saturated heterocycles. The molecule has 6 heteroatoms. The van der Waals surface area contributed by atoms with Gasteiger partial charge in [0.15, 0.2) is 0 Å². The number of aromatic hydroxyl groups is 1. The van der Waals surface area contributed by atoms with Gasteiger partial charge in [-0.05, 0) is 26.0 Å². The van der Waals surface area contributed by atoms with Crippen molar-refractivity contribution in [3.63, 3.8) is 0 Å². The van der Waals surface area contributed by atoms with Gasteiger partial charge < -0.3 is 15.5 Å². The fourth-order valence-corrected chi connectivity index (χ4v) is 2.11. The van der Waals surface area contributed by atoms with Crippen molar-refractivity contribution in [3.8, 4) is 5.75 Å². The number of aromatic nitrogens is 2. The summed E-state index contributed by atoms with van der Waals surface area (Å²) in [6.45, 7) is 3.76. The average Bonchev–Trinajstić information content (AvgIpc) is 2.42. The molecule has 0 amide bonds. The monoisotopic (exact) mass is 293 g/mol. The number of aliphatic hydroxyl groups excluding tert-OH is 1. The van der Waals surface area contributed by atoms with Crippen LogP contribution in [0.3, 0.4) is 0 Å². The van der Waals surface area contributed by atoms with Crippen LogP contribution in [-0.4, -0.2) is 20.2 Å². The Bertz CT molecular complexity index is 632. The van der Waals surface area contributed by atoms with E-state index in [0.29, 0.717) is 28.5 Å². The molecule has 0 aliphatic heterocycles. The first kappa shape index (κ1) is 14.6. The van der Waals surface area contributed by atoms with Crippen LogP contribution in [0, 0.1) is 13.8 Å². The van der Waals surface area contributed by atoms with E-state index in [4.69, 9.17) is 11.6 Å². The number of nitrogens with one attached hydrogen (secondary N) is 1. The van der Waals surface area contributed by atoms with Crippen molar-refractivity contribution in [2.45, 2.75) is 27.0 Å². The fraction of sp³-hybridized carbons (Fsp3) is 0.286. The summed E-state index contributed by atoms with van der Waals surface area (Å²) in [7, 11) is 0. The first-order valence-corrected chi connectivity index (χ1v) is 6.55. The number of halogens is 1. The lowest BCUT2D eigenvalue weighted by atomic mass is 10.1. The largest absolute Gasteiger partial charge is 0.506 e. The van der Waals surface area contributed by atoms with E-state index in [1.165, 1.54) is 0 Å². The highest BCUT2D eigenvalue weighted by molar-refractivity contribution is 6.29. The number of anilines is 1. The minimum absolute atomic E-state index is 0.101. The normalized spacial score (nSPS) is 10.6. The Balaban J connectivity index is 2.24. The number of nitrogens with zero attached hydrogens (tertiary/aromatic N) is 2. The van der Waals surface area contributed by atoms with E-state index < -0.39 is 0 Å². The molecule has 2 aromatic heterocycles. The van der Waals surface area contributed by atoms with Gasteiger partial charge >= 0.3 is 0 Å². The lowest BCUT2D eigenvalue weighted by Gasteiger charge is -2.14. The molecule has 20 heavy (non-hydrogen) atoms. The number of pyridine rings is 2. The molecule has 5 nitrogen and oxygen atoms in total. The first-order valence-electron chi connectivity index (χ1n) is 6.17. The molecular weight excluding hydrogens is 278 g/mol. The zero-order valence-electron chi connectivity index (χ0n) is 11.3. The van der Waals surface area contributed by atoms with Gasteiger partial charge in [0.05, 0.1) is 23.7 Å². The van der Waals surface area contributed by atoms with E-state index in [-0.39, 0.29) is 12.4 Å². The molecule has 0 aromatic carbocycles. The van der Waals surface area contributed by atoms with Crippen LogP contribution < -0.4 is 5.32 Å². The highest BCUT2D eigenvalue weighted by atomic mass is 35.5. The number of hydrogen-bond donors (Lipinski definition) is 3. The summed E-state index contributed by atoms with van der Waals surface area (Å²) in [5, 5.41) is 23.0. The van der Waals surface area contributed by atoms with Crippen molar-refractivity contribution in [3.05, 3.63) is 46.0 Å². The molecule has 2 rings (SSSR count). The number of rotatable bonds is 4. The van der Waals surface area contributed by atoms with Crippen molar-refractivity contribution in [2.24, 2.45) is 0 Å². The molecule has 0 unspecified atom stereocenters. The number of hydrogen-bond acceptors (Lipinski definition) is 5. The molecule has 2 heterocycles. The molecule has 106 valence electrons. The lowest BCUT2D eigenvalue weighted by molar-refractivity contribution is 0.279. The summed E-state index contributed by atoms with van der Waals surface area (Å²) in [4.78, 5) is 8.17. The van der Waals surface area contributed by atoms with E-state index in [2.05, 4.69) is 15.3 Å². The summed E-state index contributed by atoms with van der Waals surface area (Å²) in [6.07, 6.45) is 1.57. The molecular formula is C14H16ClN3O2. The van der Waals surface area contributed by atoms with Crippen LogP contribution in [0.4, 0.5) is 5.69 Å². The summed E-state index contributed by atoms with van der Waals surface area (Å²) in [6, 6.07) is 3.52. The van der Waals surface area contributed by atoms with Gasteiger partial charge in [-0.3, -0.25) is 4.98 Å². The summed E-state index contributed by atoms with van der Waals surface area (Å²) < 4.78 is 0. The predicted molar refractivity (Wildman–Crippen MR) is 77.9 cm³/mol. The van der Waals surface area contributed by atoms with Gasteiger partial charge in [-0.25, -0.2) is 4.98 Å². The molecule has 0 bridgehead atoms. The first-order chi connectivity index (χ1) is 9.52. The van der Waals surface area contributed by atoms with Crippen LogP contribution in [0.15, 0.2) is 18.3 Å². The van der Waals surface area contributed by atoms with E-state index in [1.807, 2.05) is 13.0 Å². The maximum absolute atomic E-state index is 10.1. The quantitative estimate of drug-likeness (QED) is 0.755. The zero-order valence-corrected chi connectivity index (χ0v) is 12.1. The fourth-order valence-electron chi connectivity index (χ4n) is 1.92. The van der Waals surface area contributed by atoms with Crippen LogP contribution in [0.2, 0.25) is 5.15 Å². The second kappa shape index (κ2) is 6.07. The molecule has 2 aromatic rings. The minimum atomic E-state index is -0.171. The molecule has 0 fully saturated rings. The van der Waals surface area contributed by atoms with Crippen molar-refractivity contribution >= 4 is 17.3 Å². The Morgan fingerprint density at radius 3 is 2.65 bits per heavy atom. The van der Waals surface area contributed by atoms with Crippen LogP contribution in [0.25, 0.3) is 0 Å². The van der Waals surface area contributed by atoms with E-state index >= 15 is 0 Å². The zero-order chi connectivity index (χ0) is 14.7. The summed E-state index contributed by atoms with van der Waals surface area (Å²) in [5.74, 6) is 0.101. The molecule has 0 saturated carbocycles. The summed E-state index contributed by atoms with van der Waals surface area (Å²) in [5.41, 5.74) is 3.36. The Hall–Kier alpha value is -1.85. The van der Waals surface area contributed by atoms with E-state index in [0.717, 1.165) is 11.4 Å². The van der Waals surface area contributed by atoms with Crippen molar-refractivity contribution in [1.82, 2.24) is 9.97 Å². The van der Waals surface area contributed by atoms with Crippen LogP contribution in [0.5, 0.6) is 5.75 Å². The molecule has 0 atom stereocenters.